The van der Waals surface area contributed by atoms with E-state index in [0.717, 1.165) is 0 Å². The largest absolute Gasteiger partial charge is 0.396 e. The molecule has 0 aliphatic carbocycles. The molecule has 0 aliphatic heterocycles. The molecule has 0 saturated carbocycles. The van der Waals surface area contributed by atoms with Crippen molar-refractivity contribution in [3.63, 3.8) is 0 Å². The molecule has 21 heavy (non-hydrogen) atoms. The predicted octanol–water partition coefficient (Wildman–Crippen LogP) is 4.68. The van der Waals surface area contributed by atoms with Crippen LogP contribution >= 0.6 is 46.4 Å². The quantitative estimate of drug-likeness (QED) is 0.753. The lowest BCUT2D eigenvalue weighted by molar-refractivity contribution is 0.601. The normalized spacial score (nSPS) is 11.4. The summed E-state index contributed by atoms with van der Waals surface area (Å²) in [6, 6.07) is 6.92. The zero-order chi connectivity index (χ0) is 15.8. The second-order valence-electron chi connectivity index (χ2n) is 4.04. The molecule has 4 nitrogen and oxygen atoms in total. The molecule has 9 heteroatoms. The van der Waals surface area contributed by atoms with E-state index in [4.69, 9.17) is 52.1 Å². The average molecular weight is 386 g/mol. The molecule has 0 atom stereocenters. The number of nitrogen functional groups attached to an aromatic ring is 1. The maximum Gasteiger partial charge on any atom is 0.263 e. The van der Waals surface area contributed by atoms with Gasteiger partial charge in [0.05, 0.1) is 21.4 Å². The molecule has 2 rings (SSSR count). The monoisotopic (exact) mass is 384 g/mol. The van der Waals surface area contributed by atoms with Crippen molar-refractivity contribution < 1.29 is 8.42 Å². The molecule has 2 aromatic rings. The van der Waals surface area contributed by atoms with Gasteiger partial charge in [-0.25, -0.2) is 8.42 Å². The third kappa shape index (κ3) is 3.67. The van der Waals surface area contributed by atoms with Crippen LogP contribution in [0.4, 0.5) is 11.4 Å². The van der Waals surface area contributed by atoms with Gasteiger partial charge in [-0.2, -0.15) is 0 Å². The van der Waals surface area contributed by atoms with Gasteiger partial charge in [-0.05, 0) is 30.3 Å². The molecule has 0 aliphatic rings. The third-order valence-electron chi connectivity index (χ3n) is 2.50. The molecule has 0 fully saturated rings. The molecule has 0 aromatic heterocycles. The van der Waals surface area contributed by atoms with Crippen molar-refractivity contribution in [2.24, 2.45) is 0 Å². The molecule has 3 N–H and O–H groups in total. The Labute approximate surface area is 141 Å². The van der Waals surface area contributed by atoms with Gasteiger partial charge in [0.2, 0.25) is 0 Å². The Bertz CT molecular complexity index is 789. The third-order valence-corrected chi connectivity index (χ3v) is 5.20. The van der Waals surface area contributed by atoms with Gasteiger partial charge in [0.25, 0.3) is 10.0 Å². The van der Waals surface area contributed by atoms with E-state index < -0.39 is 10.0 Å². The Morgan fingerprint density at radius 1 is 0.952 bits per heavy atom. The molecule has 0 amide bonds. The summed E-state index contributed by atoms with van der Waals surface area (Å²) in [5, 5.41) is 0.608. The van der Waals surface area contributed by atoms with Crippen LogP contribution in [0.2, 0.25) is 20.1 Å². The number of anilines is 2. The van der Waals surface area contributed by atoms with Crippen LogP contribution in [-0.4, -0.2) is 8.42 Å². The van der Waals surface area contributed by atoms with Crippen molar-refractivity contribution in [1.29, 1.82) is 0 Å². The van der Waals surface area contributed by atoms with Gasteiger partial charge in [-0.3, -0.25) is 4.72 Å². The highest BCUT2D eigenvalue weighted by molar-refractivity contribution is 7.92. The van der Waals surface area contributed by atoms with Crippen molar-refractivity contribution in [1.82, 2.24) is 0 Å². The van der Waals surface area contributed by atoms with Gasteiger partial charge < -0.3 is 5.73 Å². The minimum Gasteiger partial charge on any atom is -0.396 e. The van der Waals surface area contributed by atoms with Gasteiger partial charge in [0, 0.05) is 10.0 Å². The van der Waals surface area contributed by atoms with E-state index in [1.165, 1.54) is 30.3 Å². The summed E-state index contributed by atoms with van der Waals surface area (Å²) in [5.74, 6) is 0. The second kappa shape index (κ2) is 6.10. The van der Waals surface area contributed by atoms with Crippen LogP contribution in [0.1, 0.15) is 0 Å². The number of sulfonamides is 1. The van der Waals surface area contributed by atoms with Gasteiger partial charge >= 0.3 is 0 Å². The van der Waals surface area contributed by atoms with Gasteiger partial charge in [-0.15, -0.1) is 0 Å². The van der Waals surface area contributed by atoms with Crippen molar-refractivity contribution in [3.8, 4) is 0 Å². The molecule has 0 radical (unpaired) electrons. The van der Waals surface area contributed by atoms with Crippen molar-refractivity contribution >= 4 is 67.8 Å². The summed E-state index contributed by atoms with van der Waals surface area (Å²) in [7, 11) is -3.95. The lowest BCUT2D eigenvalue weighted by Crippen LogP contribution is -2.14. The van der Waals surface area contributed by atoms with Crippen molar-refractivity contribution in [3.05, 3.63) is 50.4 Å². The zero-order valence-electron chi connectivity index (χ0n) is 10.2. The number of nitrogens with one attached hydrogen (secondary N) is 1. The average Bonchev–Trinajstić information content (AvgIpc) is 2.33. The minimum absolute atomic E-state index is 0.00895. The Balaban J connectivity index is 2.46. The Hall–Kier alpha value is -0.850. The Morgan fingerprint density at radius 3 is 2.10 bits per heavy atom. The topological polar surface area (TPSA) is 72.2 Å². The van der Waals surface area contributed by atoms with Crippen LogP contribution < -0.4 is 10.5 Å². The molecule has 0 spiro atoms. The molecule has 0 heterocycles. The highest BCUT2D eigenvalue weighted by Gasteiger charge is 2.21. The first-order valence-electron chi connectivity index (χ1n) is 5.43. The van der Waals surface area contributed by atoms with Crippen molar-refractivity contribution in [2.75, 3.05) is 10.5 Å². The standard InChI is InChI=1S/C12H8Cl4N2O2S/c13-6-3-7(14)5-8(4-6)18-21(19,20)10-2-1-9(15)12(17)11(10)16/h1-5,18H,17H2. The summed E-state index contributed by atoms with van der Waals surface area (Å²) in [6.07, 6.45) is 0. The van der Waals surface area contributed by atoms with E-state index in [2.05, 4.69) is 4.72 Å². The fraction of sp³-hybridized carbons (Fsp3) is 0. The van der Waals surface area contributed by atoms with E-state index in [9.17, 15) is 8.42 Å². The highest BCUT2D eigenvalue weighted by Crippen LogP contribution is 2.34. The summed E-state index contributed by atoms with van der Waals surface area (Å²) in [4.78, 5) is -0.192. The van der Waals surface area contributed by atoms with Crippen molar-refractivity contribution in [2.45, 2.75) is 4.90 Å². The first kappa shape index (κ1) is 16.5. The summed E-state index contributed by atoms with van der Waals surface area (Å²) in [6.45, 7) is 0. The fourth-order valence-electron chi connectivity index (χ4n) is 1.58. The molecule has 0 bridgehead atoms. The lowest BCUT2D eigenvalue weighted by Gasteiger charge is -2.12. The first-order chi connectivity index (χ1) is 9.70. The minimum atomic E-state index is -3.95. The van der Waals surface area contributed by atoms with Crippen LogP contribution in [0.25, 0.3) is 0 Å². The van der Waals surface area contributed by atoms with E-state index >= 15 is 0 Å². The van der Waals surface area contributed by atoms with Crippen LogP contribution in [0.15, 0.2) is 35.2 Å². The first-order valence-corrected chi connectivity index (χ1v) is 8.42. The molecule has 0 unspecified atom stereocenters. The Kier molecular flexibility index (Phi) is 4.80. The van der Waals surface area contributed by atoms with Crippen LogP contribution in [0.3, 0.4) is 0 Å². The molecule has 0 saturated heterocycles. The number of nitrogens with two attached hydrogens (primary N) is 1. The van der Waals surface area contributed by atoms with E-state index in [-0.39, 0.29) is 26.3 Å². The molecule has 2 aromatic carbocycles. The molecular formula is C12H8Cl4N2O2S. The fourth-order valence-corrected chi connectivity index (χ4v) is 3.91. The van der Waals surface area contributed by atoms with Crippen LogP contribution in [0, 0.1) is 0 Å². The molecular weight excluding hydrogens is 378 g/mol. The SMILES string of the molecule is Nc1c(Cl)ccc(S(=O)(=O)Nc2cc(Cl)cc(Cl)c2)c1Cl. The van der Waals surface area contributed by atoms with E-state index in [1.807, 2.05) is 0 Å². The van der Waals surface area contributed by atoms with Crippen LogP contribution in [0.5, 0.6) is 0 Å². The maximum atomic E-state index is 12.3. The summed E-state index contributed by atoms with van der Waals surface area (Å²) in [5.41, 5.74) is 5.82. The Morgan fingerprint density at radius 2 is 1.52 bits per heavy atom. The van der Waals surface area contributed by atoms with Crippen LogP contribution in [-0.2, 0) is 10.0 Å². The smallest absolute Gasteiger partial charge is 0.263 e. The number of hydrogen-bond acceptors (Lipinski definition) is 3. The van der Waals surface area contributed by atoms with E-state index in [1.54, 1.807) is 0 Å². The van der Waals surface area contributed by atoms with E-state index in [0.29, 0.717) is 10.0 Å². The predicted molar refractivity (Wildman–Crippen MR) is 88.1 cm³/mol. The maximum absolute atomic E-state index is 12.3. The number of rotatable bonds is 3. The van der Waals surface area contributed by atoms with Gasteiger partial charge in [-0.1, -0.05) is 46.4 Å². The number of hydrogen-bond donors (Lipinski definition) is 2. The molecule has 112 valence electrons. The summed E-state index contributed by atoms with van der Waals surface area (Å²) < 4.78 is 27.0. The summed E-state index contributed by atoms with van der Waals surface area (Å²) >= 11 is 23.3. The lowest BCUT2D eigenvalue weighted by atomic mass is 10.3. The highest BCUT2D eigenvalue weighted by atomic mass is 35.5. The van der Waals surface area contributed by atoms with Gasteiger partial charge in [0.1, 0.15) is 4.90 Å². The number of halogens is 4. The zero-order valence-corrected chi connectivity index (χ0v) is 14.0. The van der Waals surface area contributed by atoms with Gasteiger partial charge in [0.15, 0.2) is 0 Å². The second-order valence-corrected chi connectivity index (χ2v) is 7.35. The number of benzene rings is 2.